The second kappa shape index (κ2) is 5.58. The molecule has 20 heavy (non-hydrogen) atoms. The van der Waals surface area contributed by atoms with Gasteiger partial charge in [0.25, 0.3) is 0 Å². The molecule has 0 amide bonds. The summed E-state index contributed by atoms with van der Waals surface area (Å²) in [5, 5.41) is 11.4. The van der Waals surface area contributed by atoms with E-state index in [4.69, 9.17) is 11.6 Å². The molecule has 3 rings (SSSR count). The molecule has 0 aliphatic carbocycles. The molecule has 0 saturated carbocycles. The molecule has 2 aliphatic heterocycles. The van der Waals surface area contributed by atoms with E-state index in [-0.39, 0.29) is 15.6 Å². The lowest BCUT2D eigenvalue weighted by Crippen LogP contribution is -2.35. The first kappa shape index (κ1) is 13.6. The molecule has 0 radical (unpaired) electrons. The number of rotatable bonds is 3. The van der Waals surface area contributed by atoms with Crippen LogP contribution in [0.3, 0.4) is 0 Å². The minimum atomic E-state index is -0.374. The number of nitrogens with zero attached hydrogens (tertiary/aromatic N) is 3. The molecule has 6 heteroatoms. The monoisotopic (exact) mass is 295 g/mol. The molecule has 0 spiro atoms. The molecule has 1 aromatic rings. The Hall–Kier alpha value is -1.33. The predicted molar refractivity (Wildman–Crippen MR) is 79.5 cm³/mol. The maximum absolute atomic E-state index is 11.2. The first-order valence-corrected chi connectivity index (χ1v) is 7.46. The van der Waals surface area contributed by atoms with E-state index >= 15 is 0 Å². The summed E-state index contributed by atoms with van der Waals surface area (Å²) in [7, 11) is 0. The second-order valence-corrected chi connectivity index (χ2v) is 5.90. The normalized spacial score (nSPS) is 23.4. The molecule has 2 fully saturated rings. The van der Waals surface area contributed by atoms with E-state index in [0.717, 1.165) is 32.6 Å². The van der Waals surface area contributed by atoms with Crippen LogP contribution >= 0.6 is 11.6 Å². The summed E-state index contributed by atoms with van der Waals surface area (Å²) in [5.41, 5.74) is 0.695. The summed E-state index contributed by atoms with van der Waals surface area (Å²) in [6, 6.07) is 5.69. The number of hydrogen-bond donors (Lipinski definition) is 0. The van der Waals surface area contributed by atoms with E-state index in [1.54, 1.807) is 18.2 Å². The van der Waals surface area contributed by atoms with Crippen molar-refractivity contribution in [3.8, 4) is 0 Å². The van der Waals surface area contributed by atoms with E-state index in [0.29, 0.717) is 11.7 Å². The van der Waals surface area contributed by atoms with Gasteiger partial charge in [-0.25, -0.2) is 0 Å². The average molecular weight is 296 g/mol. The SMILES string of the molecule is O=[N+]([O-])c1c(Cl)cccc1N1CCC(N2CCCC2)C1. The topological polar surface area (TPSA) is 49.6 Å². The fraction of sp³-hybridized carbons (Fsp3) is 0.571. The number of halogens is 1. The van der Waals surface area contributed by atoms with Crippen molar-refractivity contribution in [2.75, 3.05) is 31.1 Å². The van der Waals surface area contributed by atoms with Gasteiger partial charge < -0.3 is 4.90 Å². The molecule has 2 aliphatic rings. The zero-order valence-corrected chi connectivity index (χ0v) is 12.1. The molecule has 2 heterocycles. The van der Waals surface area contributed by atoms with Crippen LogP contribution < -0.4 is 4.90 Å². The van der Waals surface area contributed by atoms with Crippen LogP contribution in [0.25, 0.3) is 0 Å². The Balaban J connectivity index is 1.80. The van der Waals surface area contributed by atoms with Gasteiger partial charge in [0.05, 0.1) is 4.92 Å². The third-order valence-electron chi connectivity index (χ3n) is 4.31. The number of likely N-dealkylation sites (tertiary alicyclic amines) is 1. The van der Waals surface area contributed by atoms with E-state index in [1.165, 1.54) is 12.8 Å². The highest BCUT2D eigenvalue weighted by atomic mass is 35.5. The van der Waals surface area contributed by atoms with Crippen LogP contribution in [0.5, 0.6) is 0 Å². The molecule has 108 valence electrons. The fourth-order valence-corrected chi connectivity index (χ4v) is 3.54. The predicted octanol–water partition coefficient (Wildman–Crippen LogP) is 2.92. The lowest BCUT2D eigenvalue weighted by molar-refractivity contribution is -0.384. The summed E-state index contributed by atoms with van der Waals surface area (Å²) in [5.74, 6) is 0. The van der Waals surface area contributed by atoms with E-state index in [9.17, 15) is 10.1 Å². The van der Waals surface area contributed by atoms with Crippen LogP contribution in [-0.2, 0) is 0 Å². The molecular weight excluding hydrogens is 278 g/mol. The molecule has 1 unspecified atom stereocenters. The van der Waals surface area contributed by atoms with Crippen molar-refractivity contribution >= 4 is 23.0 Å². The standard InChI is InChI=1S/C14H18ClN3O2/c15-12-4-3-5-13(14(12)18(19)20)17-9-6-11(10-17)16-7-1-2-8-16/h3-5,11H,1-2,6-10H2. The van der Waals surface area contributed by atoms with Gasteiger partial charge in [0.15, 0.2) is 0 Å². The molecule has 1 atom stereocenters. The zero-order chi connectivity index (χ0) is 14.1. The van der Waals surface area contributed by atoms with Crippen molar-refractivity contribution in [2.45, 2.75) is 25.3 Å². The number of nitro benzene ring substituents is 1. The first-order chi connectivity index (χ1) is 9.66. The zero-order valence-electron chi connectivity index (χ0n) is 11.3. The van der Waals surface area contributed by atoms with Crippen LogP contribution in [0, 0.1) is 10.1 Å². The minimum absolute atomic E-state index is 0.0382. The Labute approximate surface area is 123 Å². The van der Waals surface area contributed by atoms with Gasteiger partial charge in [0.1, 0.15) is 10.7 Å². The summed E-state index contributed by atoms with van der Waals surface area (Å²) < 4.78 is 0. The van der Waals surface area contributed by atoms with Crippen LogP contribution in [0.2, 0.25) is 5.02 Å². The van der Waals surface area contributed by atoms with Gasteiger partial charge >= 0.3 is 5.69 Å². The van der Waals surface area contributed by atoms with Crippen LogP contribution in [0.15, 0.2) is 18.2 Å². The van der Waals surface area contributed by atoms with Crippen LogP contribution in [0.4, 0.5) is 11.4 Å². The van der Waals surface area contributed by atoms with Gasteiger partial charge in [-0.15, -0.1) is 0 Å². The van der Waals surface area contributed by atoms with E-state index < -0.39 is 0 Å². The van der Waals surface area contributed by atoms with Crippen molar-refractivity contribution in [3.63, 3.8) is 0 Å². The highest BCUT2D eigenvalue weighted by Crippen LogP contribution is 2.37. The van der Waals surface area contributed by atoms with Crippen molar-refractivity contribution in [3.05, 3.63) is 33.3 Å². The smallest absolute Gasteiger partial charge is 0.310 e. The third-order valence-corrected chi connectivity index (χ3v) is 4.61. The van der Waals surface area contributed by atoms with Crippen molar-refractivity contribution < 1.29 is 4.92 Å². The van der Waals surface area contributed by atoms with Gasteiger partial charge in [-0.05, 0) is 44.5 Å². The summed E-state index contributed by atoms with van der Waals surface area (Å²) in [4.78, 5) is 15.5. The Morgan fingerprint density at radius 1 is 1.25 bits per heavy atom. The van der Waals surface area contributed by atoms with Crippen molar-refractivity contribution in [1.82, 2.24) is 4.90 Å². The van der Waals surface area contributed by atoms with Crippen LogP contribution in [-0.4, -0.2) is 42.0 Å². The summed E-state index contributed by atoms with van der Waals surface area (Å²) in [6.45, 7) is 4.05. The Kier molecular flexibility index (Phi) is 3.81. The number of hydrogen-bond acceptors (Lipinski definition) is 4. The van der Waals surface area contributed by atoms with Gasteiger partial charge in [0.2, 0.25) is 0 Å². The molecule has 1 aromatic carbocycles. The Morgan fingerprint density at radius 3 is 2.70 bits per heavy atom. The Morgan fingerprint density at radius 2 is 2.00 bits per heavy atom. The molecule has 0 N–H and O–H groups in total. The maximum atomic E-state index is 11.2. The number of para-hydroxylation sites is 1. The fourth-order valence-electron chi connectivity index (χ4n) is 3.31. The lowest BCUT2D eigenvalue weighted by Gasteiger charge is -2.24. The van der Waals surface area contributed by atoms with Gasteiger partial charge in [-0.2, -0.15) is 0 Å². The molecule has 0 bridgehead atoms. The minimum Gasteiger partial charge on any atom is -0.364 e. The van der Waals surface area contributed by atoms with Crippen LogP contribution in [0.1, 0.15) is 19.3 Å². The largest absolute Gasteiger partial charge is 0.364 e. The molecule has 0 aromatic heterocycles. The molecule has 5 nitrogen and oxygen atoms in total. The highest BCUT2D eigenvalue weighted by Gasteiger charge is 2.32. The Bertz CT molecular complexity index is 517. The van der Waals surface area contributed by atoms with Gasteiger partial charge in [0, 0.05) is 19.1 Å². The second-order valence-electron chi connectivity index (χ2n) is 5.50. The van der Waals surface area contributed by atoms with Crippen molar-refractivity contribution in [1.29, 1.82) is 0 Å². The van der Waals surface area contributed by atoms with Gasteiger partial charge in [-0.3, -0.25) is 15.0 Å². The third kappa shape index (κ3) is 2.47. The number of nitro groups is 1. The van der Waals surface area contributed by atoms with Crippen molar-refractivity contribution in [2.24, 2.45) is 0 Å². The quantitative estimate of drug-likeness (QED) is 0.635. The average Bonchev–Trinajstić information content (AvgIpc) is 3.09. The summed E-state index contributed by atoms with van der Waals surface area (Å²) >= 11 is 5.99. The van der Waals surface area contributed by atoms with Gasteiger partial charge in [-0.1, -0.05) is 17.7 Å². The lowest BCUT2D eigenvalue weighted by atomic mass is 10.2. The molecule has 2 saturated heterocycles. The van der Waals surface area contributed by atoms with E-state index in [1.807, 2.05) is 0 Å². The number of anilines is 1. The summed E-state index contributed by atoms with van der Waals surface area (Å²) in [6.07, 6.45) is 3.62. The first-order valence-electron chi connectivity index (χ1n) is 7.08. The number of benzene rings is 1. The maximum Gasteiger partial charge on any atom is 0.310 e. The highest BCUT2D eigenvalue weighted by molar-refractivity contribution is 6.33. The molecular formula is C14H18ClN3O2. The van der Waals surface area contributed by atoms with E-state index in [2.05, 4.69) is 9.80 Å².